The van der Waals surface area contributed by atoms with Crippen molar-refractivity contribution in [3.05, 3.63) is 34.9 Å². The van der Waals surface area contributed by atoms with Crippen molar-refractivity contribution in [1.29, 1.82) is 0 Å². The molecule has 0 amide bonds. The number of hydrogen-bond donors (Lipinski definition) is 0. The molecule has 1 atom stereocenters. The van der Waals surface area contributed by atoms with Crippen molar-refractivity contribution in [1.82, 2.24) is 0 Å². The minimum atomic E-state index is -4.85. The Balaban J connectivity index is 2.96. The molecule has 9 heteroatoms. The summed E-state index contributed by atoms with van der Waals surface area (Å²) in [6.07, 6.45) is -1.59. The predicted octanol–water partition coefficient (Wildman–Crippen LogP) is 8.40. The van der Waals surface area contributed by atoms with Gasteiger partial charge < -0.3 is 14.2 Å². The van der Waals surface area contributed by atoms with Gasteiger partial charge in [0, 0.05) is 26.7 Å². The first-order valence-electron chi connectivity index (χ1n) is 12.0. The highest BCUT2D eigenvalue weighted by Gasteiger charge is 2.40. The summed E-state index contributed by atoms with van der Waals surface area (Å²) in [6.45, 7) is 4.28. The molecule has 0 heterocycles. The Morgan fingerprint density at radius 3 is 1.68 bits per heavy atom. The normalized spacial score (nSPS) is 13.9. The maximum Gasteiger partial charge on any atom is 0.416 e. The third kappa shape index (κ3) is 9.74. The van der Waals surface area contributed by atoms with Crippen molar-refractivity contribution in [2.75, 3.05) is 20.8 Å². The van der Waals surface area contributed by atoms with E-state index in [1.165, 1.54) is 20.6 Å². The molecular formula is C25H38F6O3. The molecule has 0 fully saturated rings. The van der Waals surface area contributed by atoms with Crippen LogP contribution in [0.15, 0.2) is 18.2 Å². The molecule has 1 aromatic rings. The van der Waals surface area contributed by atoms with Crippen molar-refractivity contribution in [2.24, 2.45) is 5.92 Å². The Kier molecular flexibility index (Phi) is 12.9. The van der Waals surface area contributed by atoms with Gasteiger partial charge in [-0.3, -0.25) is 0 Å². The van der Waals surface area contributed by atoms with Crippen LogP contribution in [0.3, 0.4) is 0 Å². The standard InChI is InChI=1S/C25H38F6O3/c1-5-7-8-9-10-11-14-20(25(32-3,33-4)34-6-2)15-12-13-19-16-21(23(26,27)28)18-22(17-19)24(29,30)31/h16-18,20H,5-15H2,1-4H3. The smallest absolute Gasteiger partial charge is 0.331 e. The number of unbranched alkanes of at least 4 members (excludes halogenated alkanes) is 5. The lowest BCUT2D eigenvalue weighted by Crippen LogP contribution is -2.45. The number of methoxy groups -OCH3 is 2. The van der Waals surface area contributed by atoms with Gasteiger partial charge in [0.05, 0.1) is 11.1 Å². The van der Waals surface area contributed by atoms with Gasteiger partial charge in [0.2, 0.25) is 0 Å². The highest BCUT2D eigenvalue weighted by atomic mass is 19.4. The number of halogens is 6. The minimum absolute atomic E-state index is 0.00249. The van der Waals surface area contributed by atoms with Crippen LogP contribution < -0.4 is 0 Å². The molecule has 0 aromatic heterocycles. The van der Waals surface area contributed by atoms with E-state index in [2.05, 4.69) is 6.92 Å². The molecule has 1 rings (SSSR count). The Morgan fingerprint density at radius 2 is 1.21 bits per heavy atom. The zero-order valence-electron chi connectivity index (χ0n) is 20.6. The lowest BCUT2D eigenvalue weighted by Gasteiger charge is -2.37. The number of alkyl halides is 6. The average Bonchev–Trinajstić information content (AvgIpc) is 2.77. The van der Waals surface area contributed by atoms with Crippen LogP contribution in [0.1, 0.15) is 88.3 Å². The Hall–Kier alpha value is -1.32. The van der Waals surface area contributed by atoms with E-state index in [4.69, 9.17) is 14.2 Å². The lowest BCUT2D eigenvalue weighted by atomic mass is 9.91. The zero-order chi connectivity index (χ0) is 25.8. The number of benzene rings is 1. The summed E-state index contributed by atoms with van der Waals surface area (Å²) in [5.74, 6) is -1.52. The molecule has 1 unspecified atom stereocenters. The van der Waals surface area contributed by atoms with Gasteiger partial charge in [0.1, 0.15) is 0 Å². The van der Waals surface area contributed by atoms with Crippen molar-refractivity contribution < 1.29 is 40.6 Å². The minimum Gasteiger partial charge on any atom is -0.331 e. The average molecular weight is 501 g/mol. The monoisotopic (exact) mass is 500 g/mol. The summed E-state index contributed by atoms with van der Waals surface area (Å²) in [5, 5.41) is 0. The molecule has 0 saturated carbocycles. The van der Waals surface area contributed by atoms with Gasteiger partial charge in [0.25, 0.3) is 5.97 Å². The van der Waals surface area contributed by atoms with Crippen molar-refractivity contribution in [2.45, 2.75) is 96.4 Å². The largest absolute Gasteiger partial charge is 0.416 e. The summed E-state index contributed by atoms with van der Waals surface area (Å²) in [7, 11) is 2.94. The third-order valence-corrected chi connectivity index (χ3v) is 5.99. The third-order valence-electron chi connectivity index (χ3n) is 5.99. The van der Waals surface area contributed by atoms with E-state index in [0.29, 0.717) is 25.9 Å². The molecule has 0 aliphatic rings. The van der Waals surface area contributed by atoms with E-state index in [1.807, 2.05) is 0 Å². The van der Waals surface area contributed by atoms with Crippen LogP contribution in [0.2, 0.25) is 0 Å². The summed E-state index contributed by atoms with van der Waals surface area (Å²) in [4.78, 5) is 0. The molecule has 3 nitrogen and oxygen atoms in total. The van der Waals surface area contributed by atoms with Gasteiger partial charge >= 0.3 is 12.4 Å². The van der Waals surface area contributed by atoms with Gasteiger partial charge in [-0.1, -0.05) is 45.4 Å². The van der Waals surface area contributed by atoms with Crippen LogP contribution in [-0.2, 0) is 33.0 Å². The molecule has 0 radical (unpaired) electrons. The van der Waals surface area contributed by atoms with Crippen LogP contribution in [0.4, 0.5) is 26.3 Å². The first-order valence-corrected chi connectivity index (χ1v) is 12.0. The molecule has 34 heavy (non-hydrogen) atoms. The zero-order valence-corrected chi connectivity index (χ0v) is 20.6. The first kappa shape index (κ1) is 30.7. The number of aryl methyl sites for hydroxylation is 1. The molecule has 0 aliphatic carbocycles. The predicted molar refractivity (Wildman–Crippen MR) is 119 cm³/mol. The van der Waals surface area contributed by atoms with Gasteiger partial charge in [-0.15, -0.1) is 0 Å². The second kappa shape index (κ2) is 14.3. The van der Waals surface area contributed by atoms with E-state index in [9.17, 15) is 26.3 Å². The van der Waals surface area contributed by atoms with Gasteiger partial charge in [0.15, 0.2) is 0 Å². The Morgan fingerprint density at radius 1 is 0.706 bits per heavy atom. The molecule has 0 N–H and O–H groups in total. The van der Waals surface area contributed by atoms with E-state index in [-0.39, 0.29) is 24.0 Å². The number of ether oxygens (including phenoxy) is 3. The first-order chi connectivity index (χ1) is 15.9. The second-order valence-corrected chi connectivity index (χ2v) is 8.50. The molecular weight excluding hydrogens is 462 g/mol. The van der Waals surface area contributed by atoms with E-state index >= 15 is 0 Å². The van der Waals surface area contributed by atoms with Crippen LogP contribution in [-0.4, -0.2) is 26.8 Å². The highest BCUT2D eigenvalue weighted by molar-refractivity contribution is 5.33. The fraction of sp³-hybridized carbons (Fsp3) is 0.760. The van der Waals surface area contributed by atoms with Crippen LogP contribution in [0, 0.1) is 5.92 Å². The van der Waals surface area contributed by atoms with Crippen LogP contribution in [0.5, 0.6) is 0 Å². The number of rotatable bonds is 16. The van der Waals surface area contributed by atoms with E-state index < -0.39 is 29.5 Å². The Bertz CT molecular complexity index is 667. The van der Waals surface area contributed by atoms with Crippen molar-refractivity contribution in [3.63, 3.8) is 0 Å². The topological polar surface area (TPSA) is 27.7 Å². The molecule has 1 aromatic carbocycles. The van der Waals surface area contributed by atoms with Crippen LogP contribution in [0.25, 0.3) is 0 Å². The van der Waals surface area contributed by atoms with Gasteiger partial charge in [-0.05, 0) is 56.4 Å². The van der Waals surface area contributed by atoms with Crippen molar-refractivity contribution >= 4 is 0 Å². The van der Waals surface area contributed by atoms with E-state index in [1.54, 1.807) is 6.92 Å². The molecule has 0 saturated heterocycles. The Labute approximate surface area is 199 Å². The van der Waals surface area contributed by atoms with Crippen LogP contribution >= 0.6 is 0 Å². The molecule has 198 valence electrons. The summed E-state index contributed by atoms with van der Waals surface area (Å²) < 4.78 is 95.8. The summed E-state index contributed by atoms with van der Waals surface area (Å²) in [6, 6.07) is 1.74. The maximum absolute atomic E-state index is 13.2. The van der Waals surface area contributed by atoms with Gasteiger partial charge in [-0.2, -0.15) is 26.3 Å². The molecule has 0 spiro atoms. The number of hydrogen-bond acceptors (Lipinski definition) is 3. The molecule has 0 aliphatic heterocycles. The quantitative estimate of drug-likeness (QED) is 0.130. The molecule has 0 bridgehead atoms. The van der Waals surface area contributed by atoms with Crippen molar-refractivity contribution in [3.8, 4) is 0 Å². The lowest BCUT2D eigenvalue weighted by molar-refractivity contribution is -0.388. The maximum atomic E-state index is 13.2. The second-order valence-electron chi connectivity index (χ2n) is 8.50. The summed E-state index contributed by atoms with van der Waals surface area (Å²) >= 11 is 0. The summed E-state index contributed by atoms with van der Waals surface area (Å²) in [5.41, 5.74) is -2.59. The van der Waals surface area contributed by atoms with Gasteiger partial charge in [-0.25, -0.2) is 0 Å². The fourth-order valence-corrected chi connectivity index (χ4v) is 4.24. The highest BCUT2D eigenvalue weighted by Crippen LogP contribution is 2.37. The SMILES string of the molecule is CCCCCCCCC(CCCc1cc(C(F)(F)F)cc(C(F)(F)F)c1)C(OC)(OC)OCC. The van der Waals surface area contributed by atoms with E-state index in [0.717, 1.165) is 44.2 Å². The fourth-order valence-electron chi connectivity index (χ4n) is 4.24.